The Morgan fingerprint density at radius 3 is 2.48 bits per heavy atom. The summed E-state index contributed by atoms with van der Waals surface area (Å²) in [6.07, 6.45) is 0. The molecule has 2 N–H and O–H groups in total. The molecule has 6 heteroatoms. The SMILES string of the molecule is Cc1ccc(/C(O)=C2/C(=O)C(=O)N(Cc3cccs3)C2c2cccc(O)c2)cc1. The van der Waals surface area contributed by atoms with Gasteiger partial charge in [0, 0.05) is 10.4 Å². The molecule has 1 atom stereocenters. The number of likely N-dealkylation sites (tertiary alicyclic amines) is 1. The average Bonchev–Trinajstić information content (AvgIpc) is 3.30. The summed E-state index contributed by atoms with van der Waals surface area (Å²) in [5, 5.41) is 22.8. The number of Topliss-reactive ketones (excluding diaryl/α,β-unsaturated/α-hetero) is 1. The van der Waals surface area contributed by atoms with E-state index in [9.17, 15) is 19.8 Å². The summed E-state index contributed by atoms with van der Waals surface area (Å²) in [5.41, 5.74) is 2.08. The Hall–Kier alpha value is -3.38. The lowest BCUT2D eigenvalue weighted by Crippen LogP contribution is -2.28. The van der Waals surface area contributed by atoms with Crippen LogP contribution < -0.4 is 0 Å². The summed E-state index contributed by atoms with van der Waals surface area (Å²) >= 11 is 1.49. The molecule has 0 bridgehead atoms. The minimum Gasteiger partial charge on any atom is -0.508 e. The van der Waals surface area contributed by atoms with Crippen LogP contribution in [-0.4, -0.2) is 26.8 Å². The fourth-order valence-corrected chi connectivity index (χ4v) is 4.22. The molecule has 1 aliphatic heterocycles. The predicted octanol–water partition coefficient (Wildman–Crippen LogP) is 4.38. The van der Waals surface area contributed by atoms with Crippen LogP contribution in [0.15, 0.2) is 71.6 Å². The van der Waals surface area contributed by atoms with E-state index >= 15 is 0 Å². The summed E-state index contributed by atoms with van der Waals surface area (Å²) in [6, 6.07) is 16.5. The first-order valence-corrected chi connectivity index (χ1v) is 10.0. The molecule has 0 spiro atoms. The molecule has 2 aromatic carbocycles. The van der Waals surface area contributed by atoms with E-state index in [4.69, 9.17) is 0 Å². The standard InChI is InChI=1S/C23H19NO4S/c1-14-7-9-15(10-8-14)21(26)19-20(16-4-2-5-17(25)12-16)24(23(28)22(19)27)13-18-6-3-11-29-18/h2-12,20,25-26H,13H2,1H3/b21-19-. The van der Waals surface area contributed by atoms with Crippen LogP contribution in [-0.2, 0) is 16.1 Å². The van der Waals surface area contributed by atoms with Crippen molar-refractivity contribution in [2.24, 2.45) is 0 Å². The van der Waals surface area contributed by atoms with Gasteiger partial charge in [-0.05, 0) is 36.1 Å². The molecule has 2 heterocycles. The molecule has 1 unspecified atom stereocenters. The third-order valence-corrected chi connectivity index (χ3v) is 5.82. The van der Waals surface area contributed by atoms with E-state index in [2.05, 4.69) is 0 Å². The zero-order valence-corrected chi connectivity index (χ0v) is 16.5. The van der Waals surface area contributed by atoms with Gasteiger partial charge in [-0.25, -0.2) is 0 Å². The van der Waals surface area contributed by atoms with E-state index in [1.54, 1.807) is 24.3 Å². The predicted molar refractivity (Wildman–Crippen MR) is 111 cm³/mol. The van der Waals surface area contributed by atoms with E-state index in [0.29, 0.717) is 11.1 Å². The zero-order chi connectivity index (χ0) is 20.5. The quantitative estimate of drug-likeness (QED) is 0.384. The maximum Gasteiger partial charge on any atom is 0.295 e. The molecule has 0 radical (unpaired) electrons. The number of phenols is 1. The van der Waals surface area contributed by atoms with Gasteiger partial charge in [-0.2, -0.15) is 0 Å². The number of amides is 1. The maximum atomic E-state index is 12.9. The molecule has 0 saturated carbocycles. The van der Waals surface area contributed by atoms with Crippen LogP contribution in [0.3, 0.4) is 0 Å². The number of hydrogen-bond acceptors (Lipinski definition) is 5. The van der Waals surface area contributed by atoms with E-state index in [1.165, 1.54) is 28.4 Å². The number of aryl methyl sites for hydroxylation is 1. The highest BCUT2D eigenvalue weighted by molar-refractivity contribution is 7.09. The van der Waals surface area contributed by atoms with Crippen molar-refractivity contribution in [3.05, 3.63) is 93.2 Å². The van der Waals surface area contributed by atoms with Gasteiger partial charge in [0.1, 0.15) is 11.5 Å². The first-order chi connectivity index (χ1) is 14.0. The minimum absolute atomic E-state index is 0.0274. The third kappa shape index (κ3) is 3.54. The molecule has 3 aromatic rings. The lowest BCUT2D eigenvalue weighted by atomic mass is 9.95. The molecule has 5 nitrogen and oxygen atoms in total. The molecule has 1 saturated heterocycles. The molecule has 29 heavy (non-hydrogen) atoms. The third-order valence-electron chi connectivity index (χ3n) is 4.96. The number of thiophene rings is 1. The molecular formula is C23H19NO4S. The number of rotatable bonds is 4. The summed E-state index contributed by atoms with van der Waals surface area (Å²) in [4.78, 5) is 28.2. The zero-order valence-electron chi connectivity index (χ0n) is 15.7. The van der Waals surface area contributed by atoms with Crippen LogP contribution in [0.1, 0.15) is 27.6 Å². The van der Waals surface area contributed by atoms with Gasteiger partial charge in [-0.15, -0.1) is 11.3 Å². The largest absolute Gasteiger partial charge is 0.508 e. The van der Waals surface area contributed by atoms with E-state index in [0.717, 1.165) is 10.4 Å². The van der Waals surface area contributed by atoms with Gasteiger partial charge in [0.15, 0.2) is 0 Å². The Bertz CT molecular complexity index is 1100. The van der Waals surface area contributed by atoms with Crippen LogP contribution in [0.4, 0.5) is 0 Å². The first kappa shape index (κ1) is 19.0. The molecule has 0 aliphatic carbocycles. The van der Waals surface area contributed by atoms with Crippen molar-refractivity contribution in [2.75, 3.05) is 0 Å². The van der Waals surface area contributed by atoms with Crippen LogP contribution >= 0.6 is 11.3 Å². The smallest absolute Gasteiger partial charge is 0.295 e. The van der Waals surface area contributed by atoms with Gasteiger partial charge in [-0.1, -0.05) is 48.0 Å². The van der Waals surface area contributed by atoms with Crippen molar-refractivity contribution >= 4 is 28.8 Å². The Kier molecular flexibility index (Phi) is 4.94. The highest BCUT2D eigenvalue weighted by atomic mass is 32.1. The van der Waals surface area contributed by atoms with Gasteiger partial charge in [0.25, 0.3) is 11.7 Å². The first-order valence-electron chi connectivity index (χ1n) is 9.12. The monoisotopic (exact) mass is 405 g/mol. The molecular weight excluding hydrogens is 386 g/mol. The second-order valence-electron chi connectivity index (χ2n) is 6.97. The number of aliphatic hydroxyl groups is 1. The van der Waals surface area contributed by atoms with Crippen molar-refractivity contribution in [1.82, 2.24) is 4.90 Å². The second-order valence-corrected chi connectivity index (χ2v) is 8.00. The van der Waals surface area contributed by atoms with Gasteiger partial charge >= 0.3 is 0 Å². The van der Waals surface area contributed by atoms with Crippen molar-refractivity contribution in [3.8, 4) is 5.75 Å². The topological polar surface area (TPSA) is 77.8 Å². The van der Waals surface area contributed by atoms with Crippen molar-refractivity contribution in [3.63, 3.8) is 0 Å². The molecule has 1 fully saturated rings. The van der Waals surface area contributed by atoms with Gasteiger partial charge in [-0.3, -0.25) is 9.59 Å². The Morgan fingerprint density at radius 2 is 1.83 bits per heavy atom. The number of carbonyl (C=O) groups excluding carboxylic acids is 2. The Morgan fingerprint density at radius 1 is 1.07 bits per heavy atom. The van der Waals surface area contributed by atoms with E-state index < -0.39 is 17.7 Å². The number of nitrogens with zero attached hydrogens (tertiary/aromatic N) is 1. The van der Waals surface area contributed by atoms with Gasteiger partial charge < -0.3 is 15.1 Å². The number of aromatic hydroxyl groups is 1. The number of carbonyl (C=O) groups is 2. The van der Waals surface area contributed by atoms with Crippen molar-refractivity contribution in [2.45, 2.75) is 19.5 Å². The highest BCUT2D eigenvalue weighted by Gasteiger charge is 2.46. The number of phenolic OH excluding ortho intramolecular Hbond substituents is 1. The molecule has 146 valence electrons. The van der Waals surface area contributed by atoms with Crippen LogP contribution in [0.5, 0.6) is 5.75 Å². The van der Waals surface area contributed by atoms with Gasteiger partial charge in [0.2, 0.25) is 0 Å². The Balaban J connectivity index is 1.87. The number of hydrogen-bond donors (Lipinski definition) is 2. The normalized spacial score (nSPS) is 18.4. The van der Waals surface area contributed by atoms with Crippen LogP contribution in [0, 0.1) is 6.92 Å². The summed E-state index contributed by atoms with van der Waals surface area (Å²) in [5.74, 6) is -1.58. The lowest BCUT2D eigenvalue weighted by Gasteiger charge is -2.25. The minimum atomic E-state index is -0.787. The van der Waals surface area contributed by atoms with Crippen molar-refractivity contribution < 1.29 is 19.8 Å². The number of benzene rings is 2. The Labute approximate surface area is 172 Å². The second kappa shape index (κ2) is 7.56. The van der Waals surface area contributed by atoms with E-state index in [1.807, 2.05) is 36.6 Å². The summed E-state index contributed by atoms with van der Waals surface area (Å²) in [7, 11) is 0. The summed E-state index contributed by atoms with van der Waals surface area (Å²) < 4.78 is 0. The maximum absolute atomic E-state index is 12.9. The average molecular weight is 405 g/mol. The highest BCUT2D eigenvalue weighted by Crippen LogP contribution is 2.41. The fraction of sp³-hybridized carbons (Fsp3) is 0.130. The molecule has 1 aliphatic rings. The molecule has 1 aromatic heterocycles. The van der Waals surface area contributed by atoms with Gasteiger partial charge in [0.05, 0.1) is 18.2 Å². The number of ketones is 1. The van der Waals surface area contributed by atoms with Crippen molar-refractivity contribution in [1.29, 1.82) is 0 Å². The number of aliphatic hydroxyl groups excluding tert-OH is 1. The van der Waals surface area contributed by atoms with E-state index in [-0.39, 0.29) is 23.6 Å². The summed E-state index contributed by atoms with van der Waals surface area (Å²) in [6.45, 7) is 2.17. The van der Waals surface area contributed by atoms with Crippen LogP contribution in [0.25, 0.3) is 5.76 Å². The van der Waals surface area contributed by atoms with Crippen LogP contribution in [0.2, 0.25) is 0 Å². The lowest BCUT2D eigenvalue weighted by molar-refractivity contribution is -0.140. The molecule has 1 amide bonds. The molecule has 4 rings (SSSR count). The fourth-order valence-electron chi connectivity index (χ4n) is 3.52.